The first-order chi connectivity index (χ1) is 10.2. The van der Waals surface area contributed by atoms with Gasteiger partial charge in [0.05, 0.1) is 0 Å². The van der Waals surface area contributed by atoms with Crippen molar-refractivity contribution in [3.8, 4) is 0 Å². The maximum absolute atomic E-state index is 3.55. The number of aryl methyl sites for hydroxylation is 2. The van der Waals surface area contributed by atoms with Crippen LogP contribution in [0.25, 0.3) is 0 Å². The minimum absolute atomic E-state index is 0.443. The fourth-order valence-corrected chi connectivity index (χ4v) is 3.58. The molecule has 110 valence electrons. The molecule has 2 aromatic rings. The van der Waals surface area contributed by atoms with Gasteiger partial charge in [-0.2, -0.15) is 0 Å². The smallest absolute Gasteiger partial charge is 0.0447 e. The van der Waals surface area contributed by atoms with Crippen LogP contribution in [0.1, 0.15) is 22.7 Å². The van der Waals surface area contributed by atoms with Gasteiger partial charge in [0.25, 0.3) is 0 Å². The number of hydrogen-bond acceptors (Lipinski definition) is 3. The summed E-state index contributed by atoms with van der Waals surface area (Å²) >= 11 is 1.84. The number of hydrogen-bond donors (Lipinski definition) is 2. The molecule has 3 rings (SSSR count). The zero-order valence-electron chi connectivity index (χ0n) is 12.6. The first-order valence-corrected chi connectivity index (χ1v) is 8.33. The van der Waals surface area contributed by atoms with Gasteiger partial charge >= 0.3 is 0 Å². The summed E-state index contributed by atoms with van der Waals surface area (Å²) in [6.07, 6.45) is 0. The summed E-state index contributed by atoms with van der Waals surface area (Å²) in [7, 11) is 0. The van der Waals surface area contributed by atoms with Crippen LogP contribution in [0.5, 0.6) is 0 Å². The Morgan fingerprint density at radius 2 is 1.81 bits per heavy atom. The van der Waals surface area contributed by atoms with Crippen molar-refractivity contribution in [1.29, 1.82) is 0 Å². The minimum atomic E-state index is 0.443. The average molecular weight is 298 g/mol. The van der Waals surface area contributed by atoms with Crippen molar-refractivity contribution in [3.63, 3.8) is 0 Å². The van der Waals surface area contributed by atoms with Crippen molar-refractivity contribution < 1.29 is 0 Å². The van der Waals surface area contributed by atoms with Gasteiger partial charge < -0.3 is 10.6 Å². The Kier molecular flexibility index (Phi) is 4.63. The van der Waals surface area contributed by atoms with Gasteiger partial charge in [-0.25, -0.2) is 0 Å². The van der Waals surface area contributed by atoms with E-state index >= 15 is 0 Å². The SMILES string of the molecule is Cc1ccc(Sc2ccc([C@H]3CNCCN3)cc2)c(C)c1. The summed E-state index contributed by atoms with van der Waals surface area (Å²) < 4.78 is 0. The zero-order chi connectivity index (χ0) is 14.7. The van der Waals surface area contributed by atoms with Crippen LogP contribution in [-0.2, 0) is 0 Å². The molecule has 0 aliphatic carbocycles. The van der Waals surface area contributed by atoms with Crippen LogP contribution < -0.4 is 10.6 Å². The van der Waals surface area contributed by atoms with Crippen molar-refractivity contribution in [3.05, 3.63) is 59.2 Å². The first-order valence-electron chi connectivity index (χ1n) is 7.51. The molecule has 1 aliphatic heterocycles. The Morgan fingerprint density at radius 1 is 1.00 bits per heavy atom. The Hall–Kier alpha value is -1.29. The Labute approximate surface area is 131 Å². The van der Waals surface area contributed by atoms with E-state index in [2.05, 4.69) is 66.9 Å². The van der Waals surface area contributed by atoms with Crippen molar-refractivity contribution in [2.24, 2.45) is 0 Å². The van der Waals surface area contributed by atoms with E-state index in [1.807, 2.05) is 11.8 Å². The fourth-order valence-electron chi connectivity index (χ4n) is 2.70. The summed E-state index contributed by atoms with van der Waals surface area (Å²) in [4.78, 5) is 2.64. The molecule has 2 nitrogen and oxygen atoms in total. The molecular weight excluding hydrogens is 276 g/mol. The van der Waals surface area contributed by atoms with Gasteiger partial charge in [-0.1, -0.05) is 41.6 Å². The number of piperazine rings is 1. The standard InChI is InChI=1S/C18H22N2S/c1-13-3-8-18(14(2)11-13)21-16-6-4-15(5-7-16)17-12-19-9-10-20-17/h3-8,11,17,19-20H,9-10,12H2,1-2H3/t17-/m1/s1. The minimum Gasteiger partial charge on any atom is -0.314 e. The summed E-state index contributed by atoms with van der Waals surface area (Å²) in [5.74, 6) is 0. The average Bonchev–Trinajstić information content (AvgIpc) is 2.52. The highest BCUT2D eigenvalue weighted by Crippen LogP contribution is 2.31. The third-order valence-electron chi connectivity index (χ3n) is 3.88. The highest BCUT2D eigenvalue weighted by Gasteiger charge is 2.13. The van der Waals surface area contributed by atoms with Gasteiger partial charge in [0.2, 0.25) is 0 Å². The van der Waals surface area contributed by atoms with E-state index in [1.54, 1.807) is 0 Å². The van der Waals surface area contributed by atoms with Gasteiger partial charge in [0.1, 0.15) is 0 Å². The predicted molar refractivity (Wildman–Crippen MR) is 90.1 cm³/mol. The molecule has 2 N–H and O–H groups in total. The molecule has 0 saturated carbocycles. The van der Waals surface area contributed by atoms with Gasteiger partial charge in [-0.15, -0.1) is 0 Å². The maximum atomic E-state index is 3.55. The molecule has 0 amide bonds. The second-order valence-corrected chi connectivity index (χ2v) is 6.77. The fraction of sp³-hybridized carbons (Fsp3) is 0.333. The lowest BCUT2D eigenvalue weighted by molar-refractivity contribution is 0.430. The summed E-state index contributed by atoms with van der Waals surface area (Å²) in [6, 6.07) is 16.0. The third-order valence-corrected chi connectivity index (χ3v) is 5.07. The molecular formula is C18H22N2S. The molecule has 0 bridgehead atoms. The molecule has 0 radical (unpaired) electrons. The molecule has 1 aliphatic rings. The molecule has 1 fully saturated rings. The predicted octanol–water partition coefficient (Wildman–Crippen LogP) is 3.69. The maximum Gasteiger partial charge on any atom is 0.0447 e. The lowest BCUT2D eigenvalue weighted by atomic mass is 10.1. The second-order valence-electron chi connectivity index (χ2n) is 5.65. The van der Waals surface area contributed by atoms with E-state index in [0.29, 0.717) is 6.04 Å². The Morgan fingerprint density at radius 3 is 2.48 bits per heavy atom. The highest BCUT2D eigenvalue weighted by atomic mass is 32.2. The van der Waals surface area contributed by atoms with Gasteiger partial charge in [0, 0.05) is 35.5 Å². The van der Waals surface area contributed by atoms with Crippen molar-refractivity contribution in [1.82, 2.24) is 10.6 Å². The third kappa shape index (κ3) is 3.67. The zero-order valence-corrected chi connectivity index (χ0v) is 13.5. The van der Waals surface area contributed by atoms with E-state index in [9.17, 15) is 0 Å². The van der Waals surface area contributed by atoms with E-state index in [4.69, 9.17) is 0 Å². The molecule has 3 heteroatoms. The summed E-state index contributed by atoms with van der Waals surface area (Å²) in [5.41, 5.74) is 4.04. The molecule has 21 heavy (non-hydrogen) atoms. The molecule has 0 spiro atoms. The quantitative estimate of drug-likeness (QED) is 0.904. The molecule has 1 atom stereocenters. The van der Waals surface area contributed by atoms with Crippen LogP contribution in [0.2, 0.25) is 0 Å². The molecule has 1 heterocycles. The van der Waals surface area contributed by atoms with Crippen molar-refractivity contribution in [2.45, 2.75) is 29.7 Å². The van der Waals surface area contributed by atoms with Crippen LogP contribution in [0.4, 0.5) is 0 Å². The van der Waals surface area contributed by atoms with Crippen LogP contribution in [0.15, 0.2) is 52.3 Å². The van der Waals surface area contributed by atoms with Crippen molar-refractivity contribution in [2.75, 3.05) is 19.6 Å². The monoisotopic (exact) mass is 298 g/mol. The summed E-state index contributed by atoms with van der Waals surface area (Å²) in [5, 5.41) is 6.98. The largest absolute Gasteiger partial charge is 0.314 e. The highest BCUT2D eigenvalue weighted by molar-refractivity contribution is 7.99. The van der Waals surface area contributed by atoms with Crippen LogP contribution in [-0.4, -0.2) is 19.6 Å². The number of benzene rings is 2. The van der Waals surface area contributed by atoms with Gasteiger partial charge in [-0.3, -0.25) is 0 Å². The normalized spacial score (nSPS) is 18.7. The van der Waals surface area contributed by atoms with Crippen LogP contribution >= 0.6 is 11.8 Å². The topological polar surface area (TPSA) is 24.1 Å². The summed E-state index contributed by atoms with van der Waals surface area (Å²) in [6.45, 7) is 7.45. The van der Waals surface area contributed by atoms with E-state index in [1.165, 1.54) is 26.5 Å². The van der Waals surface area contributed by atoms with Crippen LogP contribution in [0.3, 0.4) is 0 Å². The number of nitrogens with one attached hydrogen (secondary N) is 2. The lowest BCUT2D eigenvalue weighted by Crippen LogP contribution is -2.42. The van der Waals surface area contributed by atoms with E-state index < -0.39 is 0 Å². The Balaban J connectivity index is 1.71. The lowest BCUT2D eigenvalue weighted by Gasteiger charge is -2.25. The second kappa shape index (κ2) is 6.65. The Bertz CT molecular complexity index is 601. The molecule has 2 aromatic carbocycles. The molecule has 0 unspecified atom stereocenters. The van der Waals surface area contributed by atoms with E-state index in [-0.39, 0.29) is 0 Å². The first kappa shape index (κ1) is 14.6. The molecule has 1 saturated heterocycles. The van der Waals surface area contributed by atoms with Gasteiger partial charge in [-0.05, 0) is 43.2 Å². The van der Waals surface area contributed by atoms with Crippen LogP contribution in [0, 0.1) is 13.8 Å². The van der Waals surface area contributed by atoms with Crippen molar-refractivity contribution >= 4 is 11.8 Å². The molecule has 0 aromatic heterocycles. The number of rotatable bonds is 3. The van der Waals surface area contributed by atoms with E-state index in [0.717, 1.165) is 19.6 Å². The van der Waals surface area contributed by atoms with Gasteiger partial charge in [0.15, 0.2) is 0 Å².